The largest absolute Gasteiger partial charge is 0.465 e. The van der Waals surface area contributed by atoms with Crippen LogP contribution in [0.15, 0.2) is 59.0 Å². The number of nitrogens with one attached hydrogen (secondary N) is 1. The Balaban J connectivity index is 1.74. The van der Waals surface area contributed by atoms with Crippen molar-refractivity contribution in [3.63, 3.8) is 0 Å². The molecule has 0 radical (unpaired) electrons. The molecule has 7 nitrogen and oxygen atoms in total. The number of hydrogen-bond acceptors (Lipinski definition) is 6. The number of amides is 1. The monoisotopic (exact) mass is 337 g/mol. The molecular formula is C18H15N3O4. The van der Waals surface area contributed by atoms with Crippen LogP contribution in [0.4, 0.5) is 5.69 Å². The summed E-state index contributed by atoms with van der Waals surface area (Å²) in [6.07, 6.45) is 0.430. The average Bonchev–Trinajstić information content (AvgIpc) is 3.11. The second-order valence-electron chi connectivity index (χ2n) is 5.15. The summed E-state index contributed by atoms with van der Waals surface area (Å²) in [7, 11) is 1.27. The predicted molar refractivity (Wildman–Crippen MR) is 89.3 cm³/mol. The molecule has 0 aliphatic heterocycles. The van der Waals surface area contributed by atoms with E-state index in [0.717, 1.165) is 5.56 Å². The van der Waals surface area contributed by atoms with E-state index in [0.29, 0.717) is 18.0 Å². The highest BCUT2D eigenvalue weighted by molar-refractivity contribution is 6.05. The molecule has 3 aromatic rings. The Morgan fingerprint density at radius 1 is 1.04 bits per heavy atom. The van der Waals surface area contributed by atoms with Crippen molar-refractivity contribution in [2.24, 2.45) is 0 Å². The Morgan fingerprint density at radius 3 is 2.52 bits per heavy atom. The van der Waals surface area contributed by atoms with Gasteiger partial charge in [0.1, 0.15) is 0 Å². The smallest absolute Gasteiger partial charge is 0.339 e. The Kier molecular flexibility index (Phi) is 4.84. The molecule has 0 fully saturated rings. The third kappa shape index (κ3) is 3.89. The van der Waals surface area contributed by atoms with E-state index < -0.39 is 11.9 Å². The first-order chi connectivity index (χ1) is 12.2. The van der Waals surface area contributed by atoms with Gasteiger partial charge >= 0.3 is 17.8 Å². The van der Waals surface area contributed by atoms with Crippen LogP contribution < -0.4 is 5.32 Å². The number of rotatable bonds is 5. The van der Waals surface area contributed by atoms with E-state index in [4.69, 9.17) is 9.15 Å². The zero-order chi connectivity index (χ0) is 17.6. The number of methoxy groups -OCH3 is 1. The first-order valence-corrected chi connectivity index (χ1v) is 7.52. The minimum atomic E-state index is -0.594. The fraction of sp³-hybridized carbons (Fsp3) is 0.111. The number of carbonyl (C=O) groups excluding carboxylic acids is 2. The van der Waals surface area contributed by atoms with Gasteiger partial charge in [-0.1, -0.05) is 42.5 Å². The number of hydrogen-bond donors (Lipinski definition) is 1. The van der Waals surface area contributed by atoms with Gasteiger partial charge in [-0.15, -0.1) is 10.2 Å². The third-order valence-electron chi connectivity index (χ3n) is 3.44. The molecule has 3 rings (SSSR count). The highest BCUT2D eigenvalue weighted by Crippen LogP contribution is 2.17. The van der Waals surface area contributed by atoms with Crippen LogP contribution in [0, 0.1) is 0 Å². The van der Waals surface area contributed by atoms with Crippen molar-refractivity contribution in [1.29, 1.82) is 0 Å². The average molecular weight is 337 g/mol. The van der Waals surface area contributed by atoms with Crippen LogP contribution in [0.1, 0.15) is 32.5 Å². The van der Waals surface area contributed by atoms with Crippen molar-refractivity contribution >= 4 is 17.6 Å². The van der Waals surface area contributed by atoms with Crippen LogP contribution >= 0.6 is 0 Å². The van der Waals surface area contributed by atoms with Crippen LogP contribution in [-0.2, 0) is 11.2 Å². The summed E-state index contributed by atoms with van der Waals surface area (Å²) in [5, 5.41) is 10.2. The Morgan fingerprint density at radius 2 is 1.76 bits per heavy atom. The fourth-order valence-corrected chi connectivity index (χ4v) is 2.24. The van der Waals surface area contributed by atoms with E-state index in [9.17, 15) is 9.59 Å². The molecule has 0 unspecified atom stereocenters. The minimum absolute atomic E-state index is 0.175. The number of esters is 1. The number of nitrogens with zero attached hydrogens (tertiary/aromatic N) is 2. The summed E-state index contributed by atoms with van der Waals surface area (Å²) in [6.45, 7) is 0. The predicted octanol–water partition coefficient (Wildman–Crippen LogP) is 2.70. The molecule has 1 N–H and O–H groups in total. The summed E-state index contributed by atoms with van der Waals surface area (Å²) in [5.74, 6) is -0.988. The lowest BCUT2D eigenvalue weighted by Crippen LogP contribution is -2.15. The van der Waals surface area contributed by atoms with Gasteiger partial charge in [0.25, 0.3) is 0 Å². The molecule has 1 heterocycles. The zero-order valence-electron chi connectivity index (χ0n) is 13.4. The SMILES string of the molecule is COC(=O)c1ccccc1NC(=O)c1nnc(Cc2ccccc2)o1. The Labute approximate surface area is 143 Å². The van der Waals surface area contributed by atoms with Gasteiger partial charge in [0.15, 0.2) is 0 Å². The summed E-state index contributed by atoms with van der Waals surface area (Å²) in [4.78, 5) is 24.0. The summed E-state index contributed by atoms with van der Waals surface area (Å²) in [6, 6.07) is 16.1. The van der Waals surface area contributed by atoms with E-state index in [1.165, 1.54) is 7.11 Å². The Hall–Kier alpha value is -3.48. The molecular weight excluding hydrogens is 322 g/mol. The molecule has 126 valence electrons. The molecule has 7 heteroatoms. The van der Waals surface area contributed by atoms with E-state index in [1.807, 2.05) is 30.3 Å². The molecule has 25 heavy (non-hydrogen) atoms. The molecule has 1 amide bonds. The van der Waals surface area contributed by atoms with E-state index in [2.05, 4.69) is 15.5 Å². The molecule has 2 aromatic carbocycles. The summed E-state index contributed by atoms with van der Waals surface area (Å²) < 4.78 is 10.1. The van der Waals surface area contributed by atoms with Crippen molar-refractivity contribution in [1.82, 2.24) is 10.2 Å². The number of aromatic nitrogens is 2. The lowest BCUT2D eigenvalue weighted by atomic mass is 10.1. The first-order valence-electron chi connectivity index (χ1n) is 7.52. The number of benzene rings is 2. The Bertz CT molecular complexity index is 890. The zero-order valence-corrected chi connectivity index (χ0v) is 13.4. The third-order valence-corrected chi connectivity index (χ3v) is 3.44. The van der Waals surface area contributed by atoms with Gasteiger partial charge in [0.2, 0.25) is 5.89 Å². The topological polar surface area (TPSA) is 94.3 Å². The van der Waals surface area contributed by atoms with Crippen molar-refractivity contribution < 1.29 is 18.7 Å². The van der Waals surface area contributed by atoms with Crippen LogP contribution in [0.2, 0.25) is 0 Å². The summed E-state index contributed by atoms with van der Waals surface area (Å²) in [5.41, 5.74) is 1.54. The first kappa shape index (κ1) is 16.4. The van der Waals surface area contributed by atoms with Crippen molar-refractivity contribution in [2.45, 2.75) is 6.42 Å². The van der Waals surface area contributed by atoms with E-state index >= 15 is 0 Å². The van der Waals surface area contributed by atoms with Gasteiger partial charge in [0.05, 0.1) is 24.8 Å². The van der Waals surface area contributed by atoms with E-state index in [1.54, 1.807) is 24.3 Å². The van der Waals surface area contributed by atoms with E-state index in [-0.39, 0.29) is 11.5 Å². The molecule has 0 bridgehead atoms. The highest BCUT2D eigenvalue weighted by atomic mass is 16.5. The lowest BCUT2D eigenvalue weighted by Gasteiger charge is -2.07. The molecule has 0 spiro atoms. The standard InChI is InChI=1S/C18H15N3O4/c1-24-18(23)13-9-5-6-10-14(13)19-16(22)17-21-20-15(25-17)11-12-7-3-2-4-8-12/h2-10H,11H2,1H3,(H,19,22). The number of ether oxygens (including phenoxy) is 1. The molecule has 0 saturated heterocycles. The summed E-state index contributed by atoms with van der Waals surface area (Å²) >= 11 is 0. The highest BCUT2D eigenvalue weighted by Gasteiger charge is 2.18. The molecule has 0 saturated carbocycles. The maximum absolute atomic E-state index is 12.3. The minimum Gasteiger partial charge on any atom is -0.465 e. The quantitative estimate of drug-likeness (QED) is 0.719. The maximum Gasteiger partial charge on any atom is 0.339 e. The van der Waals surface area contributed by atoms with Gasteiger partial charge in [0, 0.05) is 0 Å². The van der Waals surface area contributed by atoms with Crippen LogP contribution in [-0.4, -0.2) is 29.2 Å². The molecule has 0 aliphatic rings. The second kappa shape index (κ2) is 7.39. The van der Waals surface area contributed by atoms with Gasteiger partial charge in [-0.25, -0.2) is 4.79 Å². The normalized spacial score (nSPS) is 10.3. The molecule has 1 aromatic heterocycles. The lowest BCUT2D eigenvalue weighted by molar-refractivity contribution is 0.0602. The maximum atomic E-state index is 12.3. The fourth-order valence-electron chi connectivity index (χ4n) is 2.24. The van der Waals surface area contributed by atoms with Gasteiger partial charge in [-0.2, -0.15) is 0 Å². The van der Waals surface area contributed by atoms with Crippen LogP contribution in [0.3, 0.4) is 0 Å². The van der Waals surface area contributed by atoms with Crippen LogP contribution in [0.25, 0.3) is 0 Å². The number of anilines is 1. The molecule has 0 aliphatic carbocycles. The van der Waals surface area contributed by atoms with Crippen LogP contribution in [0.5, 0.6) is 0 Å². The second-order valence-corrected chi connectivity index (χ2v) is 5.15. The number of para-hydroxylation sites is 1. The van der Waals surface area contributed by atoms with Crippen molar-refractivity contribution in [3.05, 3.63) is 77.5 Å². The van der Waals surface area contributed by atoms with Gasteiger partial charge in [-0.3, -0.25) is 4.79 Å². The number of carbonyl (C=O) groups is 2. The van der Waals surface area contributed by atoms with Gasteiger partial charge < -0.3 is 14.5 Å². The van der Waals surface area contributed by atoms with Crippen molar-refractivity contribution in [3.8, 4) is 0 Å². The van der Waals surface area contributed by atoms with Gasteiger partial charge in [-0.05, 0) is 17.7 Å². The van der Waals surface area contributed by atoms with Crippen molar-refractivity contribution in [2.75, 3.05) is 12.4 Å². The molecule has 0 atom stereocenters.